The summed E-state index contributed by atoms with van der Waals surface area (Å²) in [6.45, 7) is 9.36. The van der Waals surface area contributed by atoms with Crippen LogP contribution in [0.15, 0.2) is 10.8 Å². The molecule has 1 aromatic rings. The molecule has 112 valence electrons. The fourth-order valence-electron chi connectivity index (χ4n) is 2.80. The normalized spacial score (nSPS) is 17.6. The van der Waals surface area contributed by atoms with E-state index in [1.165, 1.54) is 19.2 Å². The molecule has 0 radical (unpaired) electrons. The minimum atomic E-state index is -0.124. The Kier molecular flexibility index (Phi) is 5.17. The van der Waals surface area contributed by atoms with Crippen molar-refractivity contribution < 1.29 is 9.21 Å². The Morgan fingerprint density at radius 2 is 2.15 bits per heavy atom. The molecule has 1 amide bonds. The van der Waals surface area contributed by atoms with Crippen LogP contribution in [-0.4, -0.2) is 41.5 Å². The highest BCUT2D eigenvalue weighted by Gasteiger charge is 2.22. The van der Waals surface area contributed by atoms with E-state index in [0.717, 1.165) is 26.1 Å². The maximum atomic E-state index is 12.2. The summed E-state index contributed by atoms with van der Waals surface area (Å²) in [7, 11) is 0. The summed E-state index contributed by atoms with van der Waals surface area (Å²) in [5, 5.41) is 3.12. The molecule has 2 rings (SSSR count). The summed E-state index contributed by atoms with van der Waals surface area (Å²) in [6, 6.07) is 0.177. The topological polar surface area (TPSA) is 58.4 Å². The van der Waals surface area contributed by atoms with Crippen molar-refractivity contribution in [2.45, 2.75) is 46.1 Å². The molecule has 0 unspecified atom stereocenters. The number of carbonyl (C=O) groups is 1. The fourth-order valence-corrected chi connectivity index (χ4v) is 2.80. The molecule has 1 aliphatic heterocycles. The molecule has 5 nitrogen and oxygen atoms in total. The molecule has 0 bridgehead atoms. The molecule has 1 aromatic heterocycles. The minimum Gasteiger partial charge on any atom is -0.448 e. The highest BCUT2D eigenvalue weighted by molar-refractivity contribution is 5.93. The van der Waals surface area contributed by atoms with Crippen molar-refractivity contribution in [1.82, 2.24) is 15.2 Å². The number of hydrogen-bond acceptors (Lipinski definition) is 4. The first-order valence-corrected chi connectivity index (χ1v) is 7.49. The van der Waals surface area contributed by atoms with Gasteiger partial charge in [0.25, 0.3) is 5.91 Å². The summed E-state index contributed by atoms with van der Waals surface area (Å²) in [4.78, 5) is 18.7. The van der Waals surface area contributed by atoms with E-state index >= 15 is 0 Å². The molecule has 2 heterocycles. The van der Waals surface area contributed by atoms with Crippen molar-refractivity contribution in [2.24, 2.45) is 5.92 Å². The lowest BCUT2D eigenvalue weighted by Crippen LogP contribution is -2.44. The van der Waals surface area contributed by atoms with Gasteiger partial charge in [0.15, 0.2) is 12.1 Å². The third kappa shape index (κ3) is 4.07. The molecule has 0 saturated carbocycles. The molecule has 5 heteroatoms. The lowest BCUT2D eigenvalue weighted by atomic mass is 10.0. The van der Waals surface area contributed by atoms with Gasteiger partial charge < -0.3 is 14.6 Å². The summed E-state index contributed by atoms with van der Waals surface area (Å²) >= 11 is 0. The van der Waals surface area contributed by atoms with E-state index in [9.17, 15) is 4.79 Å². The van der Waals surface area contributed by atoms with E-state index in [4.69, 9.17) is 4.42 Å². The summed E-state index contributed by atoms with van der Waals surface area (Å²) in [5.41, 5.74) is 0.403. The van der Waals surface area contributed by atoms with Gasteiger partial charge in [0.2, 0.25) is 0 Å². The van der Waals surface area contributed by atoms with Crippen LogP contribution in [0.3, 0.4) is 0 Å². The number of amides is 1. The largest absolute Gasteiger partial charge is 0.448 e. The fraction of sp³-hybridized carbons (Fsp3) is 0.733. The van der Waals surface area contributed by atoms with Crippen molar-refractivity contribution in [3.8, 4) is 0 Å². The van der Waals surface area contributed by atoms with Gasteiger partial charge in [-0.15, -0.1) is 0 Å². The molecule has 0 aromatic carbocycles. The Balaban J connectivity index is 1.95. The first kappa shape index (κ1) is 15.0. The molecule has 1 N–H and O–H groups in total. The standard InChI is InChI=1S/C15H25N3O2/c1-11(2)8-13(9-18-6-4-5-7-18)17-15(19)14-12(3)20-10-16-14/h10-11,13H,4-9H2,1-3H3,(H,17,19)/t13-/m0/s1. The number of aryl methyl sites for hydroxylation is 1. The number of nitrogens with one attached hydrogen (secondary N) is 1. The van der Waals surface area contributed by atoms with Gasteiger partial charge in [0.05, 0.1) is 0 Å². The average molecular weight is 279 g/mol. The second-order valence-electron chi connectivity index (χ2n) is 6.06. The van der Waals surface area contributed by atoms with E-state index in [1.54, 1.807) is 6.92 Å². The monoisotopic (exact) mass is 279 g/mol. The number of carbonyl (C=O) groups excluding carboxylic acids is 1. The van der Waals surface area contributed by atoms with Crippen molar-refractivity contribution in [3.63, 3.8) is 0 Å². The van der Waals surface area contributed by atoms with Crippen molar-refractivity contribution in [3.05, 3.63) is 17.8 Å². The summed E-state index contributed by atoms with van der Waals surface area (Å²) < 4.78 is 5.10. The predicted molar refractivity (Wildman–Crippen MR) is 77.6 cm³/mol. The van der Waals surface area contributed by atoms with Crippen LogP contribution in [-0.2, 0) is 0 Å². The quantitative estimate of drug-likeness (QED) is 0.867. The van der Waals surface area contributed by atoms with Crippen LogP contribution < -0.4 is 5.32 Å². The number of oxazole rings is 1. The zero-order valence-electron chi connectivity index (χ0n) is 12.7. The van der Waals surface area contributed by atoms with Crippen molar-refractivity contribution in [1.29, 1.82) is 0 Å². The SMILES string of the molecule is Cc1ocnc1C(=O)N[C@@H](CC(C)C)CN1CCCC1. The molecule has 1 aliphatic rings. The maximum absolute atomic E-state index is 12.2. The molecule has 0 aliphatic carbocycles. The van der Waals surface area contributed by atoms with Gasteiger partial charge in [-0.1, -0.05) is 13.8 Å². The van der Waals surface area contributed by atoms with Crippen LogP contribution >= 0.6 is 0 Å². The summed E-state index contributed by atoms with van der Waals surface area (Å²) in [6.07, 6.45) is 4.84. The van der Waals surface area contributed by atoms with Crippen LogP contribution in [0.1, 0.15) is 49.4 Å². The van der Waals surface area contributed by atoms with E-state index in [-0.39, 0.29) is 11.9 Å². The van der Waals surface area contributed by atoms with E-state index < -0.39 is 0 Å². The number of hydrogen-bond donors (Lipinski definition) is 1. The first-order valence-electron chi connectivity index (χ1n) is 7.49. The Bertz CT molecular complexity index is 436. The van der Waals surface area contributed by atoms with Crippen LogP contribution in [0, 0.1) is 12.8 Å². The van der Waals surface area contributed by atoms with Crippen LogP contribution in [0.5, 0.6) is 0 Å². The van der Waals surface area contributed by atoms with Gasteiger partial charge >= 0.3 is 0 Å². The Labute approximate surface area is 120 Å². The number of aromatic nitrogens is 1. The van der Waals surface area contributed by atoms with Crippen LogP contribution in [0.2, 0.25) is 0 Å². The minimum absolute atomic E-state index is 0.124. The van der Waals surface area contributed by atoms with Crippen molar-refractivity contribution in [2.75, 3.05) is 19.6 Å². The molecule has 1 saturated heterocycles. The van der Waals surface area contributed by atoms with Gasteiger partial charge in [-0.3, -0.25) is 4.79 Å². The van der Waals surface area contributed by atoms with E-state index in [1.807, 2.05) is 0 Å². The Hall–Kier alpha value is -1.36. The Morgan fingerprint density at radius 3 is 2.70 bits per heavy atom. The molecule has 1 fully saturated rings. The van der Waals surface area contributed by atoms with E-state index in [2.05, 4.69) is 29.0 Å². The zero-order valence-corrected chi connectivity index (χ0v) is 12.7. The third-order valence-electron chi connectivity index (χ3n) is 3.73. The van der Waals surface area contributed by atoms with Crippen molar-refractivity contribution >= 4 is 5.91 Å². The lowest BCUT2D eigenvalue weighted by molar-refractivity contribution is 0.0915. The second-order valence-corrected chi connectivity index (χ2v) is 6.06. The number of rotatable bonds is 6. The van der Waals surface area contributed by atoms with Gasteiger partial charge in [-0.2, -0.15) is 0 Å². The van der Waals surface area contributed by atoms with Gasteiger partial charge in [0.1, 0.15) is 5.76 Å². The molecule has 0 spiro atoms. The van der Waals surface area contributed by atoms with E-state index in [0.29, 0.717) is 17.4 Å². The number of nitrogens with zero attached hydrogens (tertiary/aromatic N) is 2. The smallest absolute Gasteiger partial charge is 0.273 e. The van der Waals surface area contributed by atoms with Crippen LogP contribution in [0.25, 0.3) is 0 Å². The van der Waals surface area contributed by atoms with Gasteiger partial charge in [-0.05, 0) is 45.2 Å². The highest BCUT2D eigenvalue weighted by atomic mass is 16.3. The molecule has 20 heavy (non-hydrogen) atoms. The number of likely N-dealkylation sites (tertiary alicyclic amines) is 1. The van der Waals surface area contributed by atoms with Gasteiger partial charge in [0, 0.05) is 12.6 Å². The third-order valence-corrected chi connectivity index (χ3v) is 3.73. The summed E-state index contributed by atoms with van der Waals surface area (Å²) in [5.74, 6) is 1.01. The predicted octanol–water partition coefficient (Wildman–Crippen LogP) is 2.22. The lowest BCUT2D eigenvalue weighted by Gasteiger charge is -2.25. The zero-order chi connectivity index (χ0) is 14.5. The first-order chi connectivity index (χ1) is 9.56. The van der Waals surface area contributed by atoms with Crippen LogP contribution in [0.4, 0.5) is 0 Å². The molecule has 1 atom stereocenters. The Morgan fingerprint density at radius 1 is 1.45 bits per heavy atom. The molecular formula is C15H25N3O2. The maximum Gasteiger partial charge on any atom is 0.273 e. The average Bonchev–Trinajstić information content (AvgIpc) is 2.99. The molecular weight excluding hydrogens is 254 g/mol. The highest BCUT2D eigenvalue weighted by Crippen LogP contribution is 2.13. The van der Waals surface area contributed by atoms with Gasteiger partial charge in [-0.25, -0.2) is 4.98 Å². The second kappa shape index (κ2) is 6.88.